The molecule has 0 fully saturated rings. The van der Waals surface area contributed by atoms with Gasteiger partial charge in [0, 0.05) is 25.8 Å². The maximum Gasteiger partial charge on any atom is 0.148 e. The zero-order valence-corrected chi connectivity index (χ0v) is 11.9. The number of pyridine rings is 1. The number of nitrogens with two attached hydrogens (primary N) is 1. The van der Waals surface area contributed by atoms with Crippen LogP contribution in [-0.2, 0) is 13.1 Å². The molecule has 0 unspecified atom stereocenters. The molecule has 0 amide bonds. The minimum absolute atomic E-state index is 0.0394. The van der Waals surface area contributed by atoms with Gasteiger partial charge in [-0.1, -0.05) is 41.9 Å². The van der Waals surface area contributed by atoms with E-state index in [-0.39, 0.29) is 6.61 Å². The van der Waals surface area contributed by atoms with Gasteiger partial charge in [0.2, 0.25) is 0 Å². The predicted molar refractivity (Wildman–Crippen MR) is 81.7 cm³/mol. The van der Waals surface area contributed by atoms with Crippen molar-refractivity contribution in [2.45, 2.75) is 13.1 Å². The molecule has 1 aromatic heterocycles. The van der Waals surface area contributed by atoms with Crippen LogP contribution in [0.4, 0.5) is 5.82 Å². The van der Waals surface area contributed by atoms with Crippen molar-refractivity contribution in [1.29, 1.82) is 0 Å². The Kier molecular flexibility index (Phi) is 5.35. The molecule has 0 aliphatic rings. The zero-order chi connectivity index (χ0) is 14.4. The second kappa shape index (κ2) is 7.24. The van der Waals surface area contributed by atoms with Gasteiger partial charge in [0.15, 0.2) is 0 Å². The van der Waals surface area contributed by atoms with Gasteiger partial charge in [0.05, 0.1) is 11.6 Å². The first-order valence-corrected chi connectivity index (χ1v) is 6.87. The number of anilines is 1. The molecule has 0 saturated carbocycles. The van der Waals surface area contributed by atoms with Crippen LogP contribution >= 0.6 is 11.6 Å². The van der Waals surface area contributed by atoms with Crippen LogP contribution in [-0.4, -0.2) is 23.2 Å². The number of halogens is 1. The fraction of sp³-hybridized carbons (Fsp3) is 0.267. The van der Waals surface area contributed by atoms with Gasteiger partial charge >= 0.3 is 0 Å². The summed E-state index contributed by atoms with van der Waals surface area (Å²) in [6.07, 6.45) is 1.69. The van der Waals surface area contributed by atoms with E-state index in [0.29, 0.717) is 30.5 Å². The Morgan fingerprint density at radius 3 is 2.60 bits per heavy atom. The summed E-state index contributed by atoms with van der Waals surface area (Å²) in [6.45, 7) is 1.52. The highest BCUT2D eigenvalue weighted by Gasteiger charge is 2.14. The maximum absolute atomic E-state index is 9.26. The summed E-state index contributed by atoms with van der Waals surface area (Å²) in [4.78, 5) is 6.28. The van der Waals surface area contributed by atoms with Gasteiger partial charge in [-0.2, -0.15) is 0 Å². The van der Waals surface area contributed by atoms with Crippen LogP contribution in [0.2, 0.25) is 5.02 Å². The van der Waals surface area contributed by atoms with E-state index in [9.17, 15) is 5.11 Å². The SMILES string of the molecule is NCc1ccnc(N(CCO)Cc2ccccc2)c1Cl. The molecule has 0 bridgehead atoms. The van der Waals surface area contributed by atoms with Crippen LogP contribution in [0.15, 0.2) is 42.6 Å². The Balaban J connectivity index is 2.29. The first-order chi connectivity index (χ1) is 9.76. The van der Waals surface area contributed by atoms with Gasteiger partial charge in [0.1, 0.15) is 5.82 Å². The van der Waals surface area contributed by atoms with Crippen molar-refractivity contribution in [3.63, 3.8) is 0 Å². The van der Waals surface area contributed by atoms with E-state index in [1.54, 1.807) is 6.20 Å². The number of aromatic nitrogens is 1. The monoisotopic (exact) mass is 291 g/mol. The molecule has 0 radical (unpaired) electrons. The first kappa shape index (κ1) is 14.8. The molecule has 0 saturated heterocycles. The fourth-order valence-corrected chi connectivity index (χ4v) is 2.34. The normalized spacial score (nSPS) is 10.6. The summed E-state index contributed by atoms with van der Waals surface area (Å²) in [5.74, 6) is 0.660. The Hall–Kier alpha value is -1.62. The lowest BCUT2D eigenvalue weighted by atomic mass is 10.2. The van der Waals surface area contributed by atoms with E-state index >= 15 is 0 Å². The number of aliphatic hydroxyl groups is 1. The number of hydrogen-bond donors (Lipinski definition) is 2. The quantitative estimate of drug-likeness (QED) is 0.856. The van der Waals surface area contributed by atoms with Crippen molar-refractivity contribution < 1.29 is 5.11 Å². The summed E-state index contributed by atoms with van der Waals surface area (Å²) in [6, 6.07) is 11.8. The average Bonchev–Trinajstić information content (AvgIpc) is 2.48. The molecule has 0 atom stereocenters. The number of hydrogen-bond acceptors (Lipinski definition) is 4. The molecule has 4 nitrogen and oxygen atoms in total. The third kappa shape index (κ3) is 3.48. The molecule has 1 aromatic carbocycles. The molecule has 0 spiro atoms. The third-order valence-electron chi connectivity index (χ3n) is 3.06. The van der Waals surface area contributed by atoms with Crippen molar-refractivity contribution in [3.05, 3.63) is 58.7 Å². The highest BCUT2D eigenvalue weighted by molar-refractivity contribution is 6.33. The Bertz CT molecular complexity index is 548. The highest BCUT2D eigenvalue weighted by Crippen LogP contribution is 2.27. The number of benzene rings is 1. The van der Waals surface area contributed by atoms with E-state index in [1.807, 2.05) is 41.3 Å². The van der Waals surface area contributed by atoms with Gasteiger partial charge in [-0.3, -0.25) is 0 Å². The predicted octanol–water partition coefficient (Wildman–Crippen LogP) is 2.19. The lowest BCUT2D eigenvalue weighted by Gasteiger charge is -2.24. The number of aliphatic hydroxyl groups excluding tert-OH is 1. The van der Waals surface area contributed by atoms with Gasteiger partial charge in [-0.25, -0.2) is 4.98 Å². The van der Waals surface area contributed by atoms with E-state index in [4.69, 9.17) is 17.3 Å². The van der Waals surface area contributed by atoms with Crippen molar-refractivity contribution in [2.24, 2.45) is 5.73 Å². The molecule has 2 aromatic rings. The topological polar surface area (TPSA) is 62.4 Å². The molecule has 5 heteroatoms. The van der Waals surface area contributed by atoms with E-state index in [0.717, 1.165) is 11.1 Å². The largest absolute Gasteiger partial charge is 0.395 e. The summed E-state index contributed by atoms with van der Waals surface area (Å²) < 4.78 is 0. The molecule has 106 valence electrons. The van der Waals surface area contributed by atoms with Crippen LogP contribution < -0.4 is 10.6 Å². The van der Waals surface area contributed by atoms with Crippen LogP contribution in [0.3, 0.4) is 0 Å². The molecule has 1 heterocycles. The number of rotatable bonds is 6. The minimum atomic E-state index is 0.0394. The first-order valence-electron chi connectivity index (χ1n) is 6.49. The molecule has 20 heavy (non-hydrogen) atoms. The van der Waals surface area contributed by atoms with E-state index in [2.05, 4.69) is 4.98 Å². The lowest BCUT2D eigenvalue weighted by Crippen LogP contribution is -2.27. The van der Waals surface area contributed by atoms with Gasteiger partial charge in [-0.05, 0) is 17.2 Å². The smallest absolute Gasteiger partial charge is 0.148 e. The molecule has 2 rings (SSSR count). The Morgan fingerprint density at radius 1 is 1.20 bits per heavy atom. The summed E-state index contributed by atoms with van der Waals surface area (Å²) in [7, 11) is 0. The van der Waals surface area contributed by atoms with Crippen molar-refractivity contribution in [3.8, 4) is 0 Å². The van der Waals surface area contributed by atoms with Crippen molar-refractivity contribution in [1.82, 2.24) is 4.98 Å². The second-order valence-corrected chi connectivity index (χ2v) is 4.82. The lowest BCUT2D eigenvalue weighted by molar-refractivity contribution is 0.301. The summed E-state index contributed by atoms with van der Waals surface area (Å²) >= 11 is 6.34. The zero-order valence-electron chi connectivity index (χ0n) is 11.2. The van der Waals surface area contributed by atoms with Crippen LogP contribution in [0.1, 0.15) is 11.1 Å². The summed E-state index contributed by atoms with van der Waals surface area (Å²) in [5, 5.41) is 9.81. The molecule has 3 N–H and O–H groups in total. The maximum atomic E-state index is 9.26. The molecular weight excluding hydrogens is 274 g/mol. The molecule has 0 aliphatic heterocycles. The number of nitrogens with zero attached hydrogens (tertiary/aromatic N) is 2. The van der Waals surface area contributed by atoms with Crippen LogP contribution in [0, 0.1) is 0 Å². The summed E-state index contributed by atoms with van der Waals surface area (Å²) in [5.41, 5.74) is 7.66. The van der Waals surface area contributed by atoms with E-state index < -0.39 is 0 Å². The van der Waals surface area contributed by atoms with Crippen LogP contribution in [0.5, 0.6) is 0 Å². The highest BCUT2D eigenvalue weighted by atomic mass is 35.5. The van der Waals surface area contributed by atoms with Gasteiger partial charge in [-0.15, -0.1) is 0 Å². The van der Waals surface area contributed by atoms with Crippen molar-refractivity contribution >= 4 is 17.4 Å². The Labute approximate surface area is 123 Å². The van der Waals surface area contributed by atoms with E-state index in [1.165, 1.54) is 0 Å². The van der Waals surface area contributed by atoms with Gasteiger partial charge in [0.25, 0.3) is 0 Å². The standard InChI is InChI=1S/C15H18ClN3O/c16-14-13(10-17)6-7-18-15(14)19(8-9-20)11-12-4-2-1-3-5-12/h1-7,20H,8-11,17H2. The van der Waals surface area contributed by atoms with Crippen molar-refractivity contribution in [2.75, 3.05) is 18.1 Å². The third-order valence-corrected chi connectivity index (χ3v) is 3.47. The Morgan fingerprint density at radius 2 is 1.95 bits per heavy atom. The van der Waals surface area contributed by atoms with Gasteiger partial charge < -0.3 is 15.7 Å². The average molecular weight is 292 g/mol. The minimum Gasteiger partial charge on any atom is -0.395 e. The molecule has 0 aliphatic carbocycles. The van der Waals surface area contributed by atoms with Crippen LogP contribution in [0.25, 0.3) is 0 Å². The fourth-order valence-electron chi connectivity index (χ4n) is 2.03. The molecular formula is C15H18ClN3O. The second-order valence-electron chi connectivity index (χ2n) is 4.44.